The predicted molar refractivity (Wildman–Crippen MR) is 99.9 cm³/mol. The standard InChI is InChI=1S/C19H12F3N5O3/c20-19(21,22)10-2-1-3-11(8-10)25-17(28)16-13-5-4-12(9-14(13)30-27-16)29-15-6-7-24-18(23)26-15/h1-9H,(H,25,28)(H2,23,24,26). The van der Waals surface area contributed by atoms with Crippen LogP contribution in [0.2, 0.25) is 0 Å². The third kappa shape index (κ3) is 3.99. The lowest BCUT2D eigenvalue weighted by molar-refractivity contribution is -0.137. The van der Waals surface area contributed by atoms with Crippen molar-refractivity contribution in [2.45, 2.75) is 6.18 Å². The third-order valence-electron chi connectivity index (χ3n) is 3.98. The fourth-order valence-corrected chi connectivity index (χ4v) is 2.64. The molecule has 0 spiro atoms. The van der Waals surface area contributed by atoms with E-state index in [1.54, 1.807) is 6.07 Å². The molecule has 0 fully saturated rings. The van der Waals surface area contributed by atoms with Crippen molar-refractivity contribution in [3.8, 4) is 11.6 Å². The molecule has 1 amide bonds. The number of nitrogens with zero attached hydrogens (tertiary/aromatic N) is 3. The van der Waals surface area contributed by atoms with Crippen LogP contribution in [-0.2, 0) is 6.18 Å². The highest BCUT2D eigenvalue weighted by Gasteiger charge is 2.30. The number of hydrogen-bond donors (Lipinski definition) is 2. The van der Waals surface area contributed by atoms with Crippen LogP contribution in [-0.4, -0.2) is 21.0 Å². The van der Waals surface area contributed by atoms with E-state index in [1.165, 1.54) is 36.5 Å². The summed E-state index contributed by atoms with van der Waals surface area (Å²) >= 11 is 0. The average molecular weight is 415 g/mol. The molecule has 11 heteroatoms. The van der Waals surface area contributed by atoms with Crippen molar-refractivity contribution in [1.29, 1.82) is 0 Å². The molecule has 30 heavy (non-hydrogen) atoms. The Balaban J connectivity index is 1.55. The van der Waals surface area contributed by atoms with Crippen LogP contribution in [0, 0.1) is 0 Å². The van der Waals surface area contributed by atoms with Crippen molar-refractivity contribution in [1.82, 2.24) is 15.1 Å². The molecule has 152 valence electrons. The maximum Gasteiger partial charge on any atom is 0.416 e. The number of amides is 1. The van der Waals surface area contributed by atoms with E-state index in [2.05, 4.69) is 20.4 Å². The van der Waals surface area contributed by atoms with E-state index < -0.39 is 17.6 Å². The van der Waals surface area contributed by atoms with E-state index in [9.17, 15) is 18.0 Å². The van der Waals surface area contributed by atoms with Gasteiger partial charge < -0.3 is 20.3 Å². The monoisotopic (exact) mass is 415 g/mol. The van der Waals surface area contributed by atoms with Gasteiger partial charge in [0.05, 0.1) is 10.9 Å². The first-order valence-electron chi connectivity index (χ1n) is 8.44. The molecule has 0 aliphatic carbocycles. The van der Waals surface area contributed by atoms with Crippen LogP contribution < -0.4 is 15.8 Å². The van der Waals surface area contributed by atoms with Crippen LogP contribution in [0.25, 0.3) is 11.0 Å². The largest absolute Gasteiger partial charge is 0.439 e. The van der Waals surface area contributed by atoms with Crippen LogP contribution in [0.5, 0.6) is 11.6 Å². The van der Waals surface area contributed by atoms with Crippen molar-refractivity contribution >= 4 is 28.5 Å². The molecule has 0 saturated carbocycles. The molecule has 8 nitrogen and oxygen atoms in total. The van der Waals surface area contributed by atoms with Gasteiger partial charge in [-0.1, -0.05) is 11.2 Å². The number of halogens is 3. The Labute approximate surface area is 166 Å². The summed E-state index contributed by atoms with van der Waals surface area (Å²) in [6.07, 6.45) is -3.09. The fourth-order valence-electron chi connectivity index (χ4n) is 2.64. The number of nitrogens with one attached hydrogen (secondary N) is 1. The number of benzene rings is 2. The minimum Gasteiger partial charge on any atom is -0.439 e. The number of carbonyl (C=O) groups is 1. The molecule has 0 atom stereocenters. The van der Waals surface area contributed by atoms with Gasteiger partial charge in [0.2, 0.25) is 11.8 Å². The first kappa shape index (κ1) is 19.2. The molecular weight excluding hydrogens is 403 g/mol. The number of aromatic nitrogens is 3. The van der Waals surface area contributed by atoms with E-state index >= 15 is 0 Å². The van der Waals surface area contributed by atoms with Crippen molar-refractivity contribution in [3.63, 3.8) is 0 Å². The number of ether oxygens (including phenoxy) is 1. The smallest absolute Gasteiger partial charge is 0.416 e. The van der Waals surface area contributed by atoms with Crippen LogP contribution in [0.15, 0.2) is 59.3 Å². The number of alkyl halides is 3. The molecule has 2 aromatic carbocycles. The fraction of sp³-hybridized carbons (Fsp3) is 0.0526. The molecule has 0 saturated heterocycles. The summed E-state index contributed by atoms with van der Waals surface area (Å²) in [5.41, 5.74) is 4.76. The zero-order chi connectivity index (χ0) is 21.3. The number of carbonyl (C=O) groups excluding carboxylic acids is 1. The predicted octanol–water partition coefficient (Wildman–Crippen LogP) is 4.26. The van der Waals surface area contributed by atoms with Gasteiger partial charge in [-0.15, -0.1) is 0 Å². The van der Waals surface area contributed by atoms with Gasteiger partial charge in [0, 0.05) is 24.0 Å². The minimum atomic E-state index is -4.52. The number of anilines is 2. The zero-order valence-electron chi connectivity index (χ0n) is 15.0. The van der Waals surface area contributed by atoms with Gasteiger partial charge in [0.15, 0.2) is 11.3 Å². The third-order valence-corrected chi connectivity index (χ3v) is 3.98. The van der Waals surface area contributed by atoms with Gasteiger partial charge in [0.1, 0.15) is 5.75 Å². The summed E-state index contributed by atoms with van der Waals surface area (Å²) in [4.78, 5) is 20.2. The quantitative estimate of drug-likeness (QED) is 0.511. The summed E-state index contributed by atoms with van der Waals surface area (Å²) in [5, 5.41) is 6.46. The number of nitrogens with two attached hydrogens (primary N) is 1. The summed E-state index contributed by atoms with van der Waals surface area (Å²) in [6.45, 7) is 0. The highest BCUT2D eigenvalue weighted by molar-refractivity contribution is 6.10. The molecular formula is C19H12F3N5O3. The van der Waals surface area contributed by atoms with Crippen LogP contribution >= 0.6 is 0 Å². The normalized spacial score (nSPS) is 11.4. The van der Waals surface area contributed by atoms with Gasteiger partial charge in [-0.05, 0) is 30.3 Å². The second-order valence-electron chi connectivity index (χ2n) is 6.08. The van der Waals surface area contributed by atoms with E-state index in [-0.39, 0.29) is 28.8 Å². The maximum atomic E-state index is 12.8. The molecule has 0 bridgehead atoms. The van der Waals surface area contributed by atoms with Crippen molar-refractivity contribution in [2.75, 3.05) is 11.1 Å². The van der Waals surface area contributed by atoms with Gasteiger partial charge in [-0.25, -0.2) is 4.98 Å². The van der Waals surface area contributed by atoms with Gasteiger partial charge in [-0.3, -0.25) is 4.79 Å². The molecule has 0 aliphatic rings. The van der Waals surface area contributed by atoms with E-state index in [4.69, 9.17) is 15.0 Å². The molecule has 4 rings (SSSR count). The van der Waals surface area contributed by atoms with E-state index in [0.717, 1.165) is 12.1 Å². The summed E-state index contributed by atoms with van der Waals surface area (Å²) in [7, 11) is 0. The Morgan fingerprint density at radius 2 is 1.97 bits per heavy atom. The highest BCUT2D eigenvalue weighted by Crippen LogP contribution is 2.31. The minimum absolute atomic E-state index is 0.0210. The summed E-state index contributed by atoms with van der Waals surface area (Å²) in [6, 6.07) is 10.4. The first-order valence-corrected chi connectivity index (χ1v) is 8.44. The highest BCUT2D eigenvalue weighted by atomic mass is 19.4. The molecule has 2 heterocycles. The first-order chi connectivity index (χ1) is 14.3. The molecule has 4 aromatic rings. The Kier molecular flexibility index (Phi) is 4.70. The van der Waals surface area contributed by atoms with Gasteiger partial charge >= 0.3 is 6.18 Å². The van der Waals surface area contributed by atoms with E-state index in [0.29, 0.717) is 11.1 Å². The lowest BCUT2D eigenvalue weighted by Gasteiger charge is -2.09. The Bertz CT molecular complexity index is 1240. The number of hydrogen-bond acceptors (Lipinski definition) is 7. The SMILES string of the molecule is Nc1nccc(Oc2ccc3c(C(=O)Nc4cccc(C(F)(F)F)c4)noc3c2)n1. The van der Waals surface area contributed by atoms with Gasteiger partial charge in [-0.2, -0.15) is 18.2 Å². The Morgan fingerprint density at radius 1 is 1.13 bits per heavy atom. The molecule has 0 unspecified atom stereocenters. The van der Waals surface area contributed by atoms with E-state index in [1.807, 2.05) is 0 Å². The summed E-state index contributed by atoms with van der Waals surface area (Å²) in [5.74, 6) is -0.113. The number of rotatable bonds is 4. The van der Waals surface area contributed by atoms with Crippen molar-refractivity contribution in [3.05, 3.63) is 66.0 Å². The van der Waals surface area contributed by atoms with Gasteiger partial charge in [0.25, 0.3) is 5.91 Å². The topological polar surface area (TPSA) is 116 Å². The molecule has 0 aliphatic heterocycles. The Hall–Kier alpha value is -4.15. The molecule has 2 aromatic heterocycles. The van der Waals surface area contributed by atoms with Crippen LogP contribution in [0.3, 0.4) is 0 Å². The second-order valence-corrected chi connectivity index (χ2v) is 6.08. The molecule has 0 radical (unpaired) electrons. The van der Waals surface area contributed by atoms with Crippen molar-refractivity contribution < 1.29 is 27.2 Å². The number of fused-ring (bicyclic) bond motifs is 1. The second kappa shape index (κ2) is 7.35. The van der Waals surface area contributed by atoms with Crippen LogP contribution in [0.1, 0.15) is 16.1 Å². The van der Waals surface area contributed by atoms with Crippen LogP contribution in [0.4, 0.5) is 24.8 Å². The Morgan fingerprint density at radius 3 is 2.73 bits per heavy atom. The lowest BCUT2D eigenvalue weighted by Crippen LogP contribution is -2.13. The average Bonchev–Trinajstić information content (AvgIpc) is 3.11. The zero-order valence-corrected chi connectivity index (χ0v) is 15.0. The summed E-state index contributed by atoms with van der Waals surface area (Å²) < 4.78 is 49.2. The van der Waals surface area contributed by atoms with Crippen molar-refractivity contribution in [2.24, 2.45) is 0 Å². The lowest BCUT2D eigenvalue weighted by atomic mass is 10.1. The maximum absolute atomic E-state index is 12.8. The number of nitrogen functional groups attached to an aromatic ring is 1. The molecule has 3 N–H and O–H groups in total.